The first kappa shape index (κ1) is 20.2. The number of halogens is 2. The summed E-state index contributed by atoms with van der Waals surface area (Å²) in [6.45, 7) is 1.85. The van der Waals surface area contributed by atoms with Crippen molar-refractivity contribution in [2.24, 2.45) is 5.73 Å². The molecule has 0 saturated heterocycles. The number of carbonyl (C=O) groups excluding carboxylic acids is 1. The van der Waals surface area contributed by atoms with Crippen molar-refractivity contribution >= 4 is 54.0 Å². The van der Waals surface area contributed by atoms with Crippen LogP contribution in [0.2, 0.25) is 0 Å². The molecule has 0 radical (unpaired) electrons. The molecule has 2 rings (SSSR count). The normalized spacial score (nSPS) is 11.7. The lowest BCUT2D eigenvalue weighted by Gasteiger charge is -2.11. The number of nitrogens with zero attached hydrogens (tertiary/aromatic N) is 1. The Morgan fingerprint density at radius 2 is 1.73 bits per heavy atom. The van der Waals surface area contributed by atoms with E-state index < -0.39 is 16.0 Å². The second-order valence-corrected chi connectivity index (χ2v) is 8.45. The van der Waals surface area contributed by atoms with Crippen LogP contribution in [0.5, 0.6) is 5.75 Å². The lowest BCUT2D eigenvalue weighted by molar-refractivity contribution is -0.114. The quantitative estimate of drug-likeness (QED) is 0.383. The van der Waals surface area contributed by atoms with Crippen LogP contribution in [0.15, 0.2) is 55.8 Å². The highest BCUT2D eigenvalue weighted by Gasteiger charge is 2.20. The number of hydrogen-bond acceptors (Lipinski definition) is 5. The molecule has 0 heterocycles. The molecule has 0 saturated carbocycles. The number of rotatable bonds is 5. The van der Waals surface area contributed by atoms with Crippen LogP contribution in [-0.4, -0.2) is 14.3 Å². The zero-order valence-electron chi connectivity index (χ0n) is 13.4. The van der Waals surface area contributed by atoms with Crippen molar-refractivity contribution in [1.29, 1.82) is 5.26 Å². The van der Waals surface area contributed by atoms with Crippen molar-refractivity contribution < 1.29 is 17.4 Å². The maximum absolute atomic E-state index is 12.4. The van der Waals surface area contributed by atoms with Gasteiger partial charge in [-0.05, 0) is 74.7 Å². The van der Waals surface area contributed by atoms with Crippen LogP contribution in [0.3, 0.4) is 0 Å². The van der Waals surface area contributed by atoms with Crippen molar-refractivity contribution in [2.45, 2.75) is 11.8 Å². The Labute approximate surface area is 167 Å². The number of hydrogen-bond donors (Lipinski definition) is 1. The van der Waals surface area contributed by atoms with E-state index in [1.165, 1.54) is 30.3 Å². The molecule has 1 amide bonds. The largest absolute Gasteiger partial charge is 0.377 e. The van der Waals surface area contributed by atoms with E-state index in [-0.39, 0.29) is 16.2 Å². The number of primary amides is 1. The van der Waals surface area contributed by atoms with E-state index in [4.69, 9.17) is 15.2 Å². The van der Waals surface area contributed by atoms with Gasteiger partial charge < -0.3 is 9.92 Å². The third kappa shape index (κ3) is 4.72. The first-order valence-corrected chi connectivity index (χ1v) is 10.1. The average Bonchev–Trinajstić information content (AvgIpc) is 2.56. The number of nitriles is 1. The molecule has 0 aliphatic carbocycles. The standard InChI is InChI=1S/C17H12Br2N2O4S/c1-10-2-4-13(5-3-10)26(23,24)25-16-14(18)7-11(8-15(16)19)6-12(9-20)17(21)22/h2-8H,1H3,(H2,21,22)/b12-6+. The van der Waals surface area contributed by atoms with Crippen molar-refractivity contribution in [1.82, 2.24) is 0 Å². The Hall–Kier alpha value is -2.15. The van der Waals surface area contributed by atoms with Gasteiger partial charge in [0.1, 0.15) is 16.5 Å². The van der Waals surface area contributed by atoms with Crippen LogP contribution in [0.1, 0.15) is 11.1 Å². The van der Waals surface area contributed by atoms with Crippen LogP contribution in [0, 0.1) is 18.3 Å². The Kier molecular flexibility index (Phi) is 6.23. The Bertz CT molecular complexity index is 1020. The van der Waals surface area contributed by atoms with Gasteiger partial charge in [-0.25, -0.2) is 0 Å². The summed E-state index contributed by atoms with van der Waals surface area (Å²) in [6, 6.07) is 11.0. The lowest BCUT2D eigenvalue weighted by Crippen LogP contribution is -2.12. The highest BCUT2D eigenvalue weighted by atomic mass is 79.9. The van der Waals surface area contributed by atoms with Gasteiger partial charge in [-0.1, -0.05) is 17.7 Å². The number of nitrogens with two attached hydrogens (primary N) is 1. The van der Waals surface area contributed by atoms with Crippen LogP contribution in [0.25, 0.3) is 6.08 Å². The highest BCUT2D eigenvalue weighted by Crippen LogP contribution is 2.37. The number of aryl methyl sites for hydroxylation is 1. The maximum atomic E-state index is 12.4. The summed E-state index contributed by atoms with van der Waals surface area (Å²) in [7, 11) is -4.03. The molecule has 0 bridgehead atoms. The van der Waals surface area contributed by atoms with Gasteiger partial charge >= 0.3 is 10.1 Å². The lowest BCUT2D eigenvalue weighted by atomic mass is 10.1. The Balaban J connectivity index is 2.41. The molecule has 0 fully saturated rings. The van der Waals surface area contributed by atoms with E-state index >= 15 is 0 Å². The van der Waals surface area contributed by atoms with E-state index in [0.717, 1.165) is 5.56 Å². The fourth-order valence-electron chi connectivity index (χ4n) is 1.93. The fraction of sp³-hybridized carbons (Fsp3) is 0.0588. The van der Waals surface area contributed by atoms with Crippen LogP contribution in [-0.2, 0) is 14.9 Å². The predicted molar refractivity (Wildman–Crippen MR) is 104 cm³/mol. The molecule has 2 N–H and O–H groups in total. The Morgan fingerprint density at radius 3 is 2.19 bits per heavy atom. The summed E-state index contributed by atoms with van der Waals surface area (Å²) in [5.74, 6) is -0.817. The molecule has 0 atom stereocenters. The first-order chi connectivity index (χ1) is 12.1. The van der Waals surface area contributed by atoms with Crippen LogP contribution >= 0.6 is 31.9 Å². The van der Waals surface area contributed by atoms with Crippen molar-refractivity contribution in [2.75, 3.05) is 0 Å². The van der Waals surface area contributed by atoms with Gasteiger partial charge in [-0.2, -0.15) is 13.7 Å². The molecule has 6 nitrogen and oxygen atoms in total. The smallest absolute Gasteiger partial charge is 0.339 e. The van der Waals surface area contributed by atoms with E-state index in [9.17, 15) is 13.2 Å². The summed E-state index contributed by atoms with van der Waals surface area (Å²) in [5.41, 5.74) is 6.25. The van der Waals surface area contributed by atoms with Crippen LogP contribution in [0.4, 0.5) is 0 Å². The topological polar surface area (TPSA) is 110 Å². The maximum Gasteiger partial charge on any atom is 0.339 e. The molecule has 0 aromatic heterocycles. The minimum atomic E-state index is -4.03. The van der Waals surface area contributed by atoms with Gasteiger partial charge in [0.15, 0.2) is 5.75 Å². The van der Waals surface area contributed by atoms with Gasteiger partial charge in [-0.3, -0.25) is 4.79 Å². The highest BCUT2D eigenvalue weighted by molar-refractivity contribution is 9.11. The van der Waals surface area contributed by atoms with E-state index in [1.807, 2.05) is 6.92 Å². The fourth-order valence-corrected chi connectivity index (χ4v) is 4.49. The van der Waals surface area contributed by atoms with Crippen molar-refractivity contribution in [3.8, 4) is 11.8 Å². The second kappa shape index (κ2) is 8.03. The minimum absolute atomic E-state index is 0.0198. The zero-order chi connectivity index (χ0) is 19.5. The zero-order valence-corrected chi connectivity index (χ0v) is 17.4. The van der Waals surface area contributed by atoms with E-state index in [2.05, 4.69) is 31.9 Å². The van der Waals surface area contributed by atoms with Gasteiger partial charge in [0.05, 0.1) is 8.95 Å². The van der Waals surface area contributed by atoms with Gasteiger partial charge in [0.2, 0.25) is 0 Å². The number of amides is 1. The van der Waals surface area contributed by atoms with Gasteiger partial charge in [-0.15, -0.1) is 0 Å². The van der Waals surface area contributed by atoms with Crippen LogP contribution < -0.4 is 9.92 Å². The second-order valence-electron chi connectivity index (χ2n) is 5.20. The van der Waals surface area contributed by atoms with Gasteiger partial charge in [0.25, 0.3) is 5.91 Å². The average molecular weight is 500 g/mol. The molecular weight excluding hydrogens is 488 g/mol. The number of benzene rings is 2. The summed E-state index contributed by atoms with van der Waals surface area (Å²) >= 11 is 6.47. The minimum Gasteiger partial charge on any atom is -0.377 e. The monoisotopic (exact) mass is 498 g/mol. The molecule has 0 spiro atoms. The summed E-state index contributed by atoms with van der Waals surface area (Å²) in [5, 5.41) is 8.90. The molecule has 2 aromatic rings. The number of carbonyl (C=O) groups is 1. The molecule has 9 heteroatoms. The first-order valence-electron chi connectivity index (χ1n) is 7.06. The molecule has 0 unspecified atom stereocenters. The molecule has 26 heavy (non-hydrogen) atoms. The Morgan fingerprint density at radius 1 is 1.19 bits per heavy atom. The molecule has 134 valence electrons. The predicted octanol–water partition coefficient (Wildman–Crippen LogP) is 3.68. The van der Waals surface area contributed by atoms with Gasteiger partial charge in [0, 0.05) is 0 Å². The summed E-state index contributed by atoms with van der Waals surface area (Å²) < 4.78 is 30.7. The summed E-state index contributed by atoms with van der Waals surface area (Å²) in [4.78, 5) is 11.2. The third-order valence-electron chi connectivity index (χ3n) is 3.22. The van der Waals surface area contributed by atoms with E-state index in [0.29, 0.717) is 14.5 Å². The molecular formula is C17H12Br2N2O4S. The van der Waals surface area contributed by atoms with E-state index in [1.54, 1.807) is 18.2 Å². The third-order valence-corrected chi connectivity index (χ3v) is 5.63. The molecule has 0 aliphatic rings. The van der Waals surface area contributed by atoms with Crippen molar-refractivity contribution in [3.05, 3.63) is 62.0 Å². The SMILES string of the molecule is Cc1ccc(S(=O)(=O)Oc2c(Br)cc(/C=C(\C#N)C(N)=O)cc2Br)cc1. The van der Waals surface area contributed by atoms with Crippen molar-refractivity contribution in [3.63, 3.8) is 0 Å². The molecule has 0 aliphatic heterocycles. The molecule has 2 aromatic carbocycles. The summed E-state index contributed by atoms with van der Waals surface area (Å²) in [6.07, 6.45) is 1.29.